The second-order valence-corrected chi connectivity index (χ2v) is 7.45. The number of nitrogens with zero attached hydrogens (tertiary/aromatic N) is 2. The van der Waals surface area contributed by atoms with Crippen LogP contribution in [0.1, 0.15) is 22.7 Å². The quantitative estimate of drug-likeness (QED) is 0.790. The number of hydrogen-bond acceptors (Lipinski definition) is 3. The van der Waals surface area contributed by atoms with E-state index in [-0.39, 0.29) is 17.9 Å². The zero-order chi connectivity index (χ0) is 18.7. The number of hydrogen-bond donors (Lipinski definition) is 1. The highest BCUT2D eigenvalue weighted by molar-refractivity contribution is 6.22. The number of fused-ring (bicyclic) bond motifs is 5. The van der Waals surface area contributed by atoms with Crippen LogP contribution in [0.15, 0.2) is 54.7 Å². The Kier molecular flexibility index (Phi) is 3.33. The van der Waals surface area contributed by atoms with Gasteiger partial charge in [0.05, 0.1) is 11.9 Å². The number of benzene rings is 2. The highest BCUT2D eigenvalue weighted by Gasteiger charge is 2.66. The van der Waals surface area contributed by atoms with Gasteiger partial charge in [-0.2, -0.15) is 5.26 Å². The van der Waals surface area contributed by atoms with Gasteiger partial charge in [0.15, 0.2) is 6.04 Å². The molecule has 2 aromatic carbocycles. The fraction of sp³-hybridized carbons (Fsp3) is 0.227. The topological polar surface area (TPSA) is 65.6 Å². The molecule has 2 amide bonds. The van der Waals surface area contributed by atoms with Gasteiger partial charge in [0.1, 0.15) is 23.9 Å². The van der Waals surface area contributed by atoms with Gasteiger partial charge in [-0.25, -0.2) is 4.90 Å². The molecule has 3 aliphatic heterocycles. The first-order valence-corrected chi connectivity index (χ1v) is 9.09. The molecule has 2 fully saturated rings. The van der Waals surface area contributed by atoms with Crippen LogP contribution in [0.5, 0.6) is 0 Å². The van der Waals surface area contributed by atoms with Gasteiger partial charge in [-0.1, -0.05) is 42.0 Å². The smallest absolute Gasteiger partial charge is 0.245 e. The molecule has 3 heterocycles. The Labute approximate surface area is 157 Å². The molecule has 1 unspecified atom stereocenters. The lowest BCUT2D eigenvalue weighted by molar-refractivity contribution is -0.885. The molecule has 3 aliphatic rings. The lowest BCUT2D eigenvalue weighted by Gasteiger charge is -2.28. The lowest BCUT2D eigenvalue weighted by Crippen LogP contribution is -3.10. The van der Waals surface area contributed by atoms with E-state index in [1.807, 2.05) is 55.6 Å². The number of aryl methyl sites for hydroxylation is 1. The average molecular weight is 356 g/mol. The number of imide groups is 1. The predicted octanol–water partition coefficient (Wildman–Crippen LogP) is 1.62. The van der Waals surface area contributed by atoms with Crippen molar-refractivity contribution in [2.24, 2.45) is 11.8 Å². The Morgan fingerprint density at radius 2 is 1.70 bits per heavy atom. The van der Waals surface area contributed by atoms with Gasteiger partial charge in [-0.15, -0.1) is 0 Å². The summed E-state index contributed by atoms with van der Waals surface area (Å²) in [6, 6.07) is 16.9. The minimum Gasteiger partial charge on any atom is -0.287 e. The molecule has 0 aliphatic carbocycles. The van der Waals surface area contributed by atoms with Gasteiger partial charge < -0.3 is 0 Å². The fourth-order valence-corrected chi connectivity index (χ4v) is 4.84. The Bertz CT molecular complexity index is 1030. The summed E-state index contributed by atoms with van der Waals surface area (Å²) >= 11 is 0. The maximum atomic E-state index is 13.4. The molecule has 0 spiro atoms. The third-order valence-corrected chi connectivity index (χ3v) is 6.05. The van der Waals surface area contributed by atoms with E-state index in [1.54, 1.807) is 12.1 Å². The van der Waals surface area contributed by atoms with E-state index in [4.69, 9.17) is 0 Å². The van der Waals surface area contributed by atoms with Crippen molar-refractivity contribution in [2.45, 2.75) is 19.0 Å². The van der Waals surface area contributed by atoms with E-state index in [2.05, 4.69) is 6.07 Å². The molecular weight excluding hydrogens is 338 g/mol. The summed E-state index contributed by atoms with van der Waals surface area (Å²) in [6.45, 7) is 1.96. The summed E-state index contributed by atoms with van der Waals surface area (Å²) in [4.78, 5) is 28.8. The number of nitrogens with one attached hydrogen (secondary N) is 1. The van der Waals surface area contributed by atoms with Crippen LogP contribution >= 0.6 is 0 Å². The van der Waals surface area contributed by atoms with Gasteiger partial charge in [-0.3, -0.25) is 14.5 Å². The van der Waals surface area contributed by atoms with Crippen LogP contribution < -0.4 is 9.80 Å². The number of amides is 2. The van der Waals surface area contributed by atoms with Crippen molar-refractivity contribution in [3.63, 3.8) is 0 Å². The Balaban J connectivity index is 1.63. The number of carbonyl (C=O) groups is 2. The van der Waals surface area contributed by atoms with Crippen LogP contribution in [0, 0.1) is 30.1 Å². The molecule has 5 heteroatoms. The molecule has 1 N–H and O–H groups in total. The van der Waals surface area contributed by atoms with Crippen LogP contribution in [0.25, 0.3) is 6.08 Å². The first-order chi connectivity index (χ1) is 13.1. The SMILES string of the molecule is Cc1ccc(N2C(=O)[C@@H]3[C@H](C2=O)[C@H]2c4ccccc4C=C[NH+]2[C@@H]3C#N)cc1. The summed E-state index contributed by atoms with van der Waals surface area (Å²) in [6.07, 6.45) is 3.93. The summed E-state index contributed by atoms with van der Waals surface area (Å²) < 4.78 is 0. The molecule has 0 saturated carbocycles. The van der Waals surface area contributed by atoms with Crippen LogP contribution in [-0.2, 0) is 9.59 Å². The maximum absolute atomic E-state index is 13.4. The fourth-order valence-electron chi connectivity index (χ4n) is 4.84. The zero-order valence-corrected chi connectivity index (χ0v) is 14.8. The van der Waals surface area contributed by atoms with E-state index in [0.29, 0.717) is 5.69 Å². The molecule has 2 aromatic rings. The number of quaternary nitrogens is 1. The van der Waals surface area contributed by atoms with E-state index in [0.717, 1.165) is 21.6 Å². The summed E-state index contributed by atoms with van der Waals surface area (Å²) in [5.74, 6) is -1.57. The van der Waals surface area contributed by atoms with Crippen molar-refractivity contribution in [1.29, 1.82) is 5.26 Å². The lowest BCUT2D eigenvalue weighted by atomic mass is 9.85. The summed E-state index contributed by atoms with van der Waals surface area (Å²) in [7, 11) is 0. The van der Waals surface area contributed by atoms with Crippen molar-refractivity contribution < 1.29 is 14.5 Å². The van der Waals surface area contributed by atoms with Crippen molar-refractivity contribution in [2.75, 3.05) is 4.90 Å². The first-order valence-electron chi connectivity index (χ1n) is 9.09. The van der Waals surface area contributed by atoms with Gasteiger partial charge in [0.25, 0.3) is 0 Å². The molecule has 0 radical (unpaired) electrons. The molecule has 5 nitrogen and oxygen atoms in total. The molecule has 2 saturated heterocycles. The van der Waals surface area contributed by atoms with Crippen LogP contribution in [0.4, 0.5) is 5.69 Å². The molecule has 27 heavy (non-hydrogen) atoms. The first kappa shape index (κ1) is 16.0. The predicted molar refractivity (Wildman–Crippen MR) is 99.2 cm³/mol. The van der Waals surface area contributed by atoms with E-state index in [9.17, 15) is 14.9 Å². The average Bonchev–Trinajstić information content (AvgIpc) is 3.15. The zero-order valence-electron chi connectivity index (χ0n) is 14.8. The van der Waals surface area contributed by atoms with Crippen molar-refractivity contribution in [1.82, 2.24) is 0 Å². The number of rotatable bonds is 1. The molecule has 5 atom stereocenters. The van der Waals surface area contributed by atoms with Gasteiger partial charge >= 0.3 is 0 Å². The van der Waals surface area contributed by atoms with E-state index < -0.39 is 17.9 Å². The van der Waals surface area contributed by atoms with Crippen molar-refractivity contribution in [3.8, 4) is 6.07 Å². The normalized spacial score (nSPS) is 30.7. The van der Waals surface area contributed by atoms with Crippen LogP contribution in [0.2, 0.25) is 0 Å². The Morgan fingerprint density at radius 3 is 2.44 bits per heavy atom. The van der Waals surface area contributed by atoms with Gasteiger partial charge in [0.2, 0.25) is 11.8 Å². The highest BCUT2D eigenvalue weighted by Crippen LogP contribution is 2.44. The summed E-state index contributed by atoms with van der Waals surface area (Å²) in [5, 5.41) is 9.81. The third-order valence-electron chi connectivity index (χ3n) is 6.05. The number of nitriles is 1. The number of anilines is 1. The molecule has 5 rings (SSSR count). The largest absolute Gasteiger partial charge is 0.287 e. The Hall–Kier alpha value is -3.23. The monoisotopic (exact) mass is 356 g/mol. The molecular formula is C22H18N3O2+. The van der Waals surface area contributed by atoms with Crippen molar-refractivity contribution >= 4 is 23.6 Å². The highest BCUT2D eigenvalue weighted by atomic mass is 16.2. The minimum atomic E-state index is -0.611. The van der Waals surface area contributed by atoms with E-state index >= 15 is 0 Å². The molecule has 132 valence electrons. The van der Waals surface area contributed by atoms with Gasteiger partial charge in [-0.05, 0) is 30.7 Å². The Morgan fingerprint density at radius 1 is 1.00 bits per heavy atom. The van der Waals surface area contributed by atoms with Crippen LogP contribution in [-0.4, -0.2) is 17.9 Å². The molecule has 0 aromatic heterocycles. The second-order valence-electron chi connectivity index (χ2n) is 7.45. The second kappa shape index (κ2) is 5.63. The van der Waals surface area contributed by atoms with Crippen molar-refractivity contribution in [3.05, 3.63) is 71.4 Å². The van der Waals surface area contributed by atoms with Gasteiger partial charge in [0, 0.05) is 5.56 Å². The van der Waals surface area contributed by atoms with Crippen LogP contribution in [0.3, 0.4) is 0 Å². The third kappa shape index (κ3) is 2.08. The molecule has 0 bridgehead atoms. The number of carbonyl (C=O) groups excluding carboxylic acids is 2. The summed E-state index contributed by atoms with van der Waals surface area (Å²) in [5.41, 5.74) is 3.74. The van der Waals surface area contributed by atoms with E-state index in [1.165, 1.54) is 4.90 Å². The minimum absolute atomic E-state index is 0.195. The standard InChI is InChI=1S/C22H17N3O2/c1-13-6-8-15(9-7-13)25-21(26)18-17(12-23)24-11-10-14-4-2-3-5-16(14)20(24)19(18)22(25)27/h2-11,17-20H,1H3/p+1/t17-,18+,19+,20-/m1/s1. The maximum Gasteiger partial charge on any atom is 0.245 e.